The number of sulfonamides is 1. The fourth-order valence-corrected chi connectivity index (χ4v) is 5.15. The number of rotatable bonds is 11. The third-order valence-corrected chi connectivity index (χ3v) is 7.46. The summed E-state index contributed by atoms with van der Waals surface area (Å²) in [6.07, 6.45) is 1.18. The van der Waals surface area contributed by atoms with Gasteiger partial charge in [0.2, 0.25) is 0 Å². The number of amides is 1. The van der Waals surface area contributed by atoms with Gasteiger partial charge in [-0.05, 0) is 48.5 Å². The normalized spacial score (nSPS) is 11.3. The predicted molar refractivity (Wildman–Crippen MR) is 147 cm³/mol. The number of ether oxygens (including phenoxy) is 2. The molecule has 0 unspecified atom stereocenters. The molecule has 0 saturated heterocycles. The molecular weight excluding hydrogens is 559 g/mol. The maximum Gasteiger partial charge on any atom is 0.270 e. The Kier molecular flexibility index (Phi) is 8.63. The maximum absolute atomic E-state index is 13.6. The van der Waals surface area contributed by atoms with Crippen LogP contribution in [0.15, 0.2) is 93.3 Å². The lowest BCUT2D eigenvalue weighted by Gasteiger charge is -2.24. The van der Waals surface area contributed by atoms with Crippen LogP contribution in [-0.2, 0) is 14.8 Å². The Balaban J connectivity index is 1.53. The number of hydrogen-bond donors (Lipinski definition) is 1. The van der Waals surface area contributed by atoms with E-state index in [9.17, 15) is 27.7 Å². The van der Waals surface area contributed by atoms with Gasteiger partial charge in [0.25, 0.3) is 21.6 Å². The van der Waals surface area contributed by atoms with Crippen LogP contribution in [0.5, 0.6) is 11.5 Å². The minimum Gasteiger partial charge on any atom is -0.493 e. The third kappa shape index (κ3) is 6.67. The molecular formula is C27H23FN4O8S. The lowest BCUT2D eigenvalue weighted by atomic mass is 10.1. The van der Waals surface area contributed by atoms with Gasteiger partial charge in [0.15, 0.2) is 11.5 Å². The zero-order chi connectivity index (χ0) is 29.6. The average Bonchev–Trinajstić information content (AvgIpc) is 3.45. The number of furan rings is 1. The lowest BCUT2D eigenvalue weighted by molar-refractivity contribution is -0.384. The van der Waals surface area contributed by atoms with Gasteiger partial charge >= 0.3 is 0 Å². The number of nitro benzene ring substituents is 1. The fraction of sp³-hybridized carbons (Fsp3) is 0.111. The van der Waals surface area contributed by atoms with Crippen LogP contribution < -0.4 is 19.2 Å². The van der Waals surface area contributed by atoms with Crippen molar-refractivity contribution < 1.29 is 36.4 Å². The Hall–Kier alpha value is -5.24. The van der Waals surface area contributed by atoms with Gasteiger partial charge in [-0.1, -0.05) is 12.1 Å². The molecule has 14 heteroatoms. The summed E-state index contributed by atoms with van der Waals surface area (Å²) in [7, 11) is -1.59. The average molecular weight is 583 g/mol. The molecule has 4 aromatic rings. The van der Waals surface area contributed by atoms with Crippen LogP contribution in [-0.4, -0.2) is 46.2 Å². The Labute approximate surface area is 233 Å². The van der Waals surface area contributed by atoms with Crippen molar-refractivity contribution in [1.82, 2.24) is 5.43 Å². The van der Waals surface area contributed by atoms with E-state index in [0.717, 1.165) is 16.4 Å². The number of halogens is 1. The summed E-state index contributed by atoms with van der Waals surface area (Å²) in [6.45, 7) is -0.698. The SMILES string of the molecule is COc1ccc(S(=O)(=O)N(CC(=O)N/N=C\c2ccc(-c3cccc([N+](=O)[O-])c3)o2)c2ccc(F)cc2)cc1OC. The summed E-state index contributed by atoms with van der Waals surface area (Å²) in [5.74, 6) is -0.373. The lowest BCUT2D eigenvalue weighted by Crippen LogP contribution is -2.39. The van der Waals surface area contributed by atoms with Gasteiger partial charge in [0.1, 0.15) is 23.9 Å². The predicted octanol–water partition coefficient (Wildman–Crippen LogP) is 4.36. The van der Waals surface area contributed by atoms with E-state index in [-0.39, 0.29) is 27.8 Å². The number of methoxy groups -OCH3 is 2. The molecule has 1 N–H and O–H groups in total. The molecule has 0 saturated carbocycles. The Morgan fingerprint density at radius 1 is 1.05 bits per heavy atom. The van der Waals surface area contributed by atoms with Crippen LogP contribution >= 0.6 is 0 Å². The number of benzene rings is 3. The van der Waals surface area contributed by atoms with Crippen molar-refractivity contribution in [3.63, 3.8) is 0 Å². The molecule has 1 aromatic heterocycles. The zero-order valence-corrected chi connectivity index (χ0v) is 22.5. The van der Waals surface area contributed by atoms with Crippen LogP contribution in [0, 0.1) is 15.9 Å². The first-order valence-corrected chi connectivity index (χ1v) is 13.2. The number of carbonyl (C=O) groups is 1. The highest BCUT2D eigenvalue weighted by Crippen LogP contribution is 2.32. The number of nitrogens with one attached hydrogen (secondary N) is 1. The van der Waals surface area contributed by atoms with Gasteiger partial charge in [-0.2, -0.15) is 5.10 Å². The first-order chi connectivity index (χ1) is 19.6. The van der Waals surface area contributed by atoms with E-state index in [2.05, 4.69) is 10.5 Å². The van der Waals surface area contributed by atoms with E-state index in [1.54, 1.807) is 12.1 Å². The second-order valence-electron chi connectivity index (χ2n) is 8.31. The molecule has 0 aliphatic carbocycles. The number of anilines is 1. The second-order valence-corrected chi connectivity index (χ2v) is 10.2. The molecule has 0 spiro atoms. The molecule has 0 bridgehead atoms. The van der Waals surface area contributed by atoms with Crippen molar-refractivity contribution in [2.24, 2.45) is 5.10 Å². The minimum atomic E-state index is -4.34. The maximum atomic E-state index is 13.6. The monoisotopic (exact) mass is 582 g/mol. The Morgan fingerprint density at radius 3 is 2.46 bits per heavy atom. The standard InChI is InChI=1S/C27H23FN4O8S/c1-38-25-13-11-23(15-26(25)39-2)41(36,37)31(20-8-6-19(28)7-9-20)17-27(33)30-29-16-22-10-12-24(40-22)18-4-3-5-21(14-18)32(34)35/h3-16H,17H2,1-2H3,(H,30,33)/b29-16-. The van der Waals surface area contributed by atoms with Crippen LogP contribution in [0.25, 0.3) is 11.3 Å². The summed E-state index contributed by atoms with van der Waals surface area (Å²) in [5.41, 5.74) is 2.64. The van der Waals surface area contributed by atoms with Gasteiger partial charge in [-0.25, -0.2) is 18.2 Å². The summed E-state index contributed by atoms with van der Waals surface area (Å²) in [5, 5.41) is 14.8. The third-order valence-electron chi connectivity index (χ3n) is 5.69. The number of non-ortho nitro benzene ring substituents is 1. The van der Waals surface area contributed by atoms with Gasteiger partial charge in [0, 0.05) is 23.8 Å². The van der Waals surface area contributed by atoms with Crippen LogP contribution in [0.1, 0.15) is 5.76 Å². The van der Waals surface area contributed by atoms with Crippen molar-refractivity contribution in [1.29, 1.82) is 0 Å². The molecule has 0 aliphatic rings. The first kappa shape index (κ1) is 28.8. The van der Waals surface area contributed by atoms with E-state index >= 15 is 0 Å². The minimum absolute atomic E-state index is 0.0351. The van der Waals surface area contributed by atoms with Crippen molar-refractivity contribution in [3.8, 4) is 22.8 Å². The van der Waals surface area contributed by atoms with Crippen molar-refractivity contribution in [2.45, 2.75) is 4.90 Å². The number of carbonyl (C=O) groups excluding carboxylic acids is 1. The number of nitrogens with zero attached hydrogens (tertiary/aromatic N) is 3. The second kappa shape index (κ2) is 12.3. The van der Waals surface area contributed by atoms with E-state index in [0.29, 0.717) is 17.1 Å². The van der Waals surface area contributed by atoms with Crippen LogP contribution in [0.2, 0.25) is 0 Å². The molecule has 4 rings (SSSR count). The van der Waals surface area contributed by atoms with Gasteiger partial charge in [0.05, 0.1) is 35.9 Å². The number of hydrazone groups is 1. The summed E-state index contributed by atoms with van der Waals surface area (Å²) < 4.78 is 57.5. The largest absolute Gasteiger partial charge is 0.493 e. The highest BCUT2D eigenvalue weighted by atomic mass is 32.2. The molecule has 12 nitrogen and oxygen atoms in total. The summed E-state index contributed by atoms with van der Waals surface area (Å²) >= 11 is 0. The molecule has 0 aliphatic heterocycles. The molecule has 1 heterocycles. The van der Waals surface area contributed by atoms with Crippen molar-refractivity contribution in [2.75, 3.05) is 25.1 Å². The Bertz CT molecular complexity index is 1700. The van der Waals surface area contributed by atoms with E-state index in [1.807, 2.05) is 0 Å². The molecule has 0 radical (unpaired) electrons. The van der Waals surface area contributed by atoms with Gasteiger partial charge in [-0.3, -0.25) is 19.2 Å². The fourth-order valence-electron chi connectivity index (χ4n) is 3.71. The smallest absolute Gasteiger partial charge is 0.270 e. The topological polar surface area (TPSA) is 154 Å². The summed E-state index contributed by atoms with van der Waals surface area (Å²) in [4.78, 5) is 23.1. The van der Waals surface area contributed by atoms with Crippen molar-refractivity contribution in [3.05, 3.63) is 101 Å². The van der Waals surface area contributed by atoms with Crippen molar-refractivity contribution >= 4 is 33.5 Å². The summed E-state index contributed by atoms with van der Waals surface area (Å²) in [6, 6.07) is 17.5. The van der Waals surface area contributed by atoms with E-state index in [4.69, 9.17) is 13.9 Å². The zero-order valence-electron chi connectivity index (χ0n) is 21.7. The van der Waals surface area contributed by atoms with E-state index < -0.39 is 33.2 Å². The molecule has 212 valence electrons. The van der Waals surface area contributed by atoms with E-state index in [1.165, 1.54) is 75.0 Å². The van der Waals surface area contributed by atoms with Crippen LogP contribution in [0.4, 0.5) is 15.8 Å². The Morgan fingerprint density at radius 2 is 1.78 bits per heavy atom. The number of nitro groups is 1. The number of hydrogen-bond acceptors (Lipinski definition) is 9. The molecule has 0 atom stereocenters. The van der Waals surface area contributed by atoms with Gasteiger partial charge < -0.3 is 13.9 Å². The molecule has 41 heavy (non-hydrogen) atoms. The van der Waals surface area contributed by atoms with Crippen LogP contribution in [0.3, 0.4) is 0 Å². The molecule has 0 fully saturated rings. The highest BCUT2D eigenvalue weighted by Gasteiger charge is 2.28. The molecule has 3 aromatic carbocycles. The quantitative estimate of drug-likeness (QED) is 0.156. The van der Waals surface area contributed by atoms with Gasteiger partial charge in [-0.15, -0.1) is 0 Å². The first-order valence-electron chi connectivity index (χ1n) is 11.8. The highest BCUT2D eigenvalue weighted by molar-refractivity contribution is 7.92. The molecule has 1 amide bonds.